The smallest absolute Gasteiger partial charge is 0.384 e. The fourth-order valence-electron chi connectivity index (χ4n) is 1.09. The van der Waals surface area contributed by atoms with Crippen molar-refractivity contribution in [2.75, 3.05) is 6.61 Å². The molecule has 0 aliphatic rings. The number of carbonyl (C=O) groups is 2. The number of carboxylic acid groups (broad SMARTS) is 1. The van der Waals surface area contributed by atoms with Gasteiger partial charge in [-0.3, -0.25) is 0 Å². The fourth-order valence-corrected chi connectivity index (χ4v) is 1.45. The minimum Gasteiger partial charge on any atom is -0.478 e. The first kappa shape index (κ1) is 13.3. The number of aromatic carboxylic acids is 1. The average Bonchev–Trinajstić information content (AvgIpc) is 2.26. The number of hydrogen-bond acceptors (Lipinski definition) is 3. The van der Waals surface area contributed by atoms with E-state index in [0.29, 0.717) is 4.47 Å². The first-order chi connectivity index (χ1) is 8.04. The highest BCUT2D eigenvalue weighted by atomic mass is 79.9. The molecule has 1 rings (SSSR count). The molecule has 0 fully saturated rings. The van der Waals surface area contributed by atoms with E-state index < -0.39 is 11.9 Å². The summed E-state index contributed by atoms with van der Waals surface area (Å²) in [5.74, 6) is 2.94. The van der Waals surface area contributed by atoms with Crippen LogP contribution < -0.4 is 0 Å². The van der Waals surface area contributed by atoms with Gasteiger partial charge in [0.05, 0.1) is 12.2 Å². The lowest BCUT2D eigenvalue weighted by Crippen LogP contribution is -2.02. The van der Waals surface area contributed by atoms with Gasteiger partial charge in [0.25, 0.3) is 0 Å². The van der Waals surface area contributed by atoms with E-state index in [1.165, 1.54) is 12.1 Å². The molecule has 88 valence electrons. The van der Waals surface area contributed by atoms with Crippen LogP contribution in [-0.2, 0) is 9.53 Å². The lowest BCUT2D eigenvalue weighted by Gasteiger charge is -1.99. The maximum Gasteiger partial charge on any atom is 0.384 e. The van der Waals surface area contributed by atoms with Gasteiger partial charge in [0.2, 0.25) is 0 Å². The van der Waals surface area contributed by atoms with Crippen LogP contribution in [0.5, 0.6) is 0 Å². The van der Waals surface area contributed by atoms with Crippen molar-refractivity contribution in [1.82, 2.24) is 0 Å². The van der Waals surface area contributed by atoms with Crippen LogP contribution in [-0.4, -0.2) is 23.7 Å². The minimum absolute atomic E-state index is 0.0463. The van der Waals surface area contributed by atoms with Crippen LogP contribution in [0.4, 0.5) is 0 Å². The molecule has 5 heteroatoms. The molecule has 0 saturated carbocycles. The molecule has 0 bridgehead atoms. The fraction of sp³-hybridized carbons (Fsp3) is 0.167. The second-order valence-corrected chi connectivity index (χ2v) is 3.88. The number of benzene rings is 1. The molecule has 0 radical (unpaired) electrons. The number of carboxylic acids is 1. The summed E-state index contributed by atoms with van der Waals surface area (Å²) in [5, 5.41) is 8.93. The quantitative estimate of drug-likeness (QED) is 0.670. The molecule has 0 amide bonds. The number of hydrogen-bond donors (Lipinski definition) is 1. The third-order valence-electron chi connectivity index (χ3n) is 1.79. The number of rotatable bonds is 2. The van der Waals surface area contributed by atoms with Crippen molar-refractivity contribution in [3.63, 3.8) is 0 Å². The average molecular weight is 297 g/mol. The Balaban J connectivity index is 3.08. The Morgan fingerprint density at radius 3 is 2.76 bits per heavy atom. The minimum atomic E-state index is -1.09. The van der Waals surface area contributed by atoms with E-state index in [4.69, 9.17) is 5.11 Å². The highest BCUT2D eigenvalue weighted by Gasteiger charge is 2.08. The lowest BCUT2D eigenvalue weighted by atomic mass is 10.1. The van der Waals surface area contributed by atoms with Crippen molar-refractivity contribution in [2.45, 2.75) is 6.92 Å². The standard InChI is InChI=1S/C12H9BrO4/c1-2-17-11(14)6-3-8-7-9(13)4-5-10(8)12(15)16/h4-5,7H,2H2,1H3,(H,15,16). The monoisotopic (exact) mass is 296 g/mol. The van der Waals surface area contributed by atoms with Gasteiger partial charge in [0.15, 0.2) is 0 Å². The molecule has 1 aromatic rings. The van der Waals surface area contributed by atoms with Gasteiger partial charge in [-0.2, -0.15) is 0 Å². The molecular formula is C12H9BrO4. The predicted octanol–water partition coefficient (Wildman–Crippen LogP) is 2.06. The summed E-state index contributed by atoms with van der Waals surface area (Å²) in [6.07, 6.45) is 0. The maximum absolute atomic E-state index is 11.0. The molecule has 0 aromatic heterocycles. The SMILES string of the molecule is CCOC(=O)C#Cc1cc(Br)ccc1C(=O)O. The van der Waals surface area contributed by atoms with Crippen LogP contribution in [0.2, 0.25) is 0 Å². The Bertz CT molecular complexity index is 511. The zero-order chi connectivity index (χ0) is 12.8. The number of ether oxygens (including phenoxy) is 1. The van der Waals surface area contributed by atoms with Crippen LogP contribution in [0.15, 0.2) is 22.7 Å². The van der Waals surface area contributed by atoms with Gasteiger partial charge >= 0.3 is 11.9 Å². The zero-order valence-electron chi connectivity index (χ0n) is 8.99. The van der Waals surface area contributed by atoms with Crippen LogP contribution in [0.25, 0.3) is 0 Å². The molecular weight excluding hydrogens is 288 g/mol. The maximum atomic E-state index is 11.0. The zero-order valence-corrected chi connectivity index (χ0v) is 10.6. The van der Waals surface area contributed by atoms with Crippen molar-refractivity contribution >= 4 is 27.9 Å². The van der Waals surface area contributed by atoms with Gasteiger partial charge in [0.1, 0.15) is 0 Å². The number of carbonyl (C=O) groups excluding carboxylic acids is 1. The summed E-state index contributed by atoms with van der Waals surface area (Å²) in [6.45, 7) is 1.90. The molecule has 0 saturated heterocycles. The lowest BCUT2D eigenvalue weighted by molar-refractivity contribution is -0.136. The van der Waals surface area contributed by atoms with E-state index in [0.717, 1.165) is 0 Å². The Kier molecular flexibility index (Phi) is 4.73. The highest BCUT2D eigenvalue weighted by molar-refractivity contribution is 9.10. The van der Waals surface area contributed by atoms with Gasteiger partial charge in [0, 0.05) is 16.0 Å². The Labute approximate surface area is 107 Å². The third kappa shape index (κ3) is 3.93. The molecule has 17 heavy (non-hydrogen) atoms. The first-order valence-electron chi connectivity index (χ1n) is 4.76. The van der Waals surface area contributed by atoms with Crippen molar-refractivity contribution in [1.29, 1.82) is 0 Å². The van der Waals surface area contributed by atoms with Crippen LogP contribution in [0, 0.1) is 11.8 Å². The summed E-state index contributed by atoms with van der Waals surface area (Å²) in [4.78, 5) is 21.9. The van der Waals surface area contributed by atoms with Gasteiger partial charge < -0.3 is 9.84 Å². The normalized spacial score (nSPS) is 9.06. The summed E-state index contributed by atoms with van der Waals surface area (Å²) in [7, 11) is 0. The Morgan fingerprint density at radius 2 is 2.18 bits per heavy atom. The van der Waals surface area contributed by atoms with Gasteiger partial charge in [-0.15, -0.1) is 0 Å². The van der Waals surface area contributed by atoms with Gasteiger partial charge in [-0.05, 0) is 25.1 Å². The number of halogens is 1. The summed E-state index contributed by atoms with van der Waals surface area (Å²) >= 11 is 3.21. The van der Waals surface area contributed by atoms with Crippen LogP contribution in [0.3, 0.4) is 0 Å². The molecule has 1 N–H and O–H groups in total. The predicted molar refractivity (Wildman–Crippen MR) is 64.6 cm³/mol. The summed E-state index contributed by atoms with van der Waals surface area (Å²) < 4.78 is 5.31. The van der Waals surface area contributed by atoms with Crippen molar-refractivity contribution in [3.05, 3.63) is 33.8 Å². The van der Waals surface area contributed by atoms with Crippen LogP contribution >= 0.6 is 15.9 Å². The van der Waals surface area contributed by atoms with E-state index >= 15 is 0 Å². The second-order valence-electron chi connectivity index (χ2n) is 2.97. The molecule has 0 atom stereocenters. The van der Waals surface area contributed by atoms with E-state index in [-0.39, 0.29) is 17.7 Å². The largest absolute Gasteiger partial charge is 0.478 e. The first-order valence-corrected chi connectivity index (χ1v) is 5.55. The molecule has 0 aliphatic carbocycles. The molecule has 0 unspecified atom stereocenters. The molecule has 0 heterocycles. The number of esters is 1. The van der Waals surface area contributed by atoms with Gasteiger partial charge in [-0.1, -0.05) is 21.9 Å². The molecule has 0 aliphatic heterocycles. The van der Waals surface area contributed by atoms with Gasteiger partial charge in [-0.25, -0.2) is 9.59 Å². The summed E-state index contributed by atoms with van der Waals surface area (Å²) in [6, 6.07) is 4.55. The van der Waals surface area contributed by atoms with E-state index in [1.54, 1.807) is 13.0 Å². The Hall–Kier alpha value is -1.80. The van der Waals surface area contributed by atoms with Crippen LogP contribution in [0.1, 0.15) is 22.8 Å². The summed E-state index contributed by atoms with van der Waals surface area (Å²) in [5.41, 5.74) is 0.310. The molecule has 4 nitrogen and oxygen atoms in total. The van der Waals surface area contributed by atoms with E-state index in [1.807, 2.05) is 0 Å². The molecule has 0 spiro atoms. The third-order valence-corrected chi connectivity index (χ3v) is 2.28. The molecule has 1 aromatic carbocycles. The Morgan fingerprint density at radius 1 is 1.47 bits per heavy atom. The second kappa shape index (κ2) is 6.06. The topological polar surface area (TPSA) is 63.6 Å². The van der Waals surface area contributed by atoms with Crippen molar-refractivity contribution < 1.29 is 19.4 Å². The van der Waals surface area contributed by atoms with E-state index in [9.17, 15) is 9.59 Å². The van der Waals surface area contributed by atoms with Crippen molar-refractivity contribution in [3.8, 4) is 11.8 Å². The van der Waals surface area contributed by atoms with E-state index in [2.05, 4.69) is 32.5 Å². The van der Waals surface area contributed by atoms with Crippen molar-refractivity contribution in [2.24, 2.45) is 0 Å². The highest BCUT2D eigenvalue weighted by Crippen LogP contribution is 2.15.